The largest absolute Gasteiger partial charge is 0.368 e. The number of nitrogen functional groups attached to an aromatic ring is 1. The van der Waals surface area contributed by atoms with E-state index in [0.29, 0.717) is 10.8 Å². The second kappa shape index (κ2) is 4.40. The van der Waals surface area contributed by atoms with Crippen molar-refractivity contribution in [3.8, 4) is 0 Å². The number of thiazole rings is 1. The van der Waals surface area contributed by atoms with E-state index in [1.54, 1.807) is 11.3 Å². The van der Waals surface area contributed by atoms with Crippen molar-refractivity contribution >= 4 is 50.6 Å². The van der Waals surface area contributed by atoms with Crippen LogP contribution in [0.25, 0.3) is 10.2 Å². The molecule has 0 bridgehead atoms. The SMILES string of the molecule is Nc1ncc(Cl)c(Nc2ccc3ncsc3c2)n1. The van der Waals surface area contributed by atoms with Gasteiger partial charge in [-0.15, -0.1) is 11.3 Å². The predicted octanol–water partition coefficient (Wildman–Crippen LogP) is 3.07. The lowest BCUT2D eigenvalue weighted by Gasteiger charge is -2.07. The molecule has 2 heterocycles. The van der Waals surface area contributed by atoms with Crippen LogP contribution in [0.15, 0.2) is 29.9 Å². The maximum atomic E-state index is 5.99. The average molecular weight is 278 g/mol. The van der Waals surface area contributed by atoms with Gasteiger partial charge in [0.1, 0.15) is 5.02 Å². The van der Waals surface area contributed by atoms with Crippen LogP contribution in [0.3, 0.4) is 0 Å². The maximum Gasteiger partial charge on any atom is 0.222 e. The molecule has 2 aromatic heterocycles. The number of nitrogens with two attached hydrogens (primary N) is 1. The summed E-state index contributed by atoms with van der Waals surface area (Å²) in [4.78, 5) is 12.1. The summed E-state index contributed by atoms with van der Waals surface area (Å²) in [6.07, 6.45) is 1.47. The van der Waals surface area contributed by atoms with Crippen LogP contribution in [0.2, 0.25) is 5.02 Å². The highest BCUT2D eigenvalue weighted by molar-refractivity contribution is 7.16. The fourth-order valence-electron chi connectivity index (χ4n) is 1.54. The van der Waals surface area contributed by atoms with Crippen molar-refractivity contribution in [1.29, 1.82) is 0 Å². The molecule has 3 aromatic rings. The molecule has 0 saturated heterocycles. The van der Waals surface area contributed by atoms with E-state index in [-0.39, 0.29) is 5.95 Å². The first-order chi connectivity index (χ1) is 8.72. The Labute approximate surface area is 112 Å². The summed E-state index contributed by atoms with van der Waals surface area (Å²) in [6.45, 7) is 0. The Morgan fingerprint density at radius 2 is 2.17 bits per heavy atom. The van der Waals surface area contributed by atoms with E-state index in [2.05, 4.69) is 20.3 Å². The lowest BCUT2D eigenvalue weighted by atomic mass is 10.3. The molecule has 0 radical (unpaired) electrons. The van der Waals surface area contributed by atoms with E-state index in [1.165, 1.54) is 6.20 Å². The minimum absolute atomic E-state index is 0.181. The number of halogens is 1. The monoisotopic (exact) mass is 277 g/mol. The summed E-state index contributed by atoms with van der Waals surface area (Å²) in [5.74, 6) is 0.675. The first kappa shape index (κ1) is 11.2. The van der Waals surface area contributed by atoms with Gasteiger partial charge in [0, 0.05) is 5.69 Å². The number of hydrogen-bond acceptors (Lipinski definition) is 6. The van der Waals surface area contributed by atoms with Gasteiger partial charge in [-0.2, -0.15) is 4.98 Å². The Balaban J connectivity index is 1.97. The molecule has 0 spiro atoms. The molecule has 0 aliphatic carbocycles. The van der Waals surface area contributed by atoms with E-state index >= 15 is 0 Å². The number of nitrogens with zero attached hydrogens (tertiary/aromatic N) is 3. The van der Waals surface area contributed by atoms with Gasteiger partial charge in [-0.05, 0) is 18.2 Å². The summed E-state index contributed by atoms with van der Waals surface area (Å²) in [5, 5.41) is 3.54. The zero-order valence-corrected chi connectivity index (χ0v) is 10.7. The molecule has 0 aliphatic rings. The third-order valence-electron chi connectivity index (χ3n) is 2.36. The van der Waals surface area contributed by atoms with Gasteiger partial charge >= 0.3 is 0 Å². The Bertz CT molecular complexity index is 711. The molecule has 0 aliphatic heterocycles. The van der Waals surface area contributed by atoms with Gasteiger partial charge in [0.25, 0.3) is 0 Å². The molecule has 0 saturated carbocycles. The van der Waals surface area contributed by atoms with Gasteiger partial charge in [-0.1, -0.05) is 11.6 Å². The van der Waals surface area contributed by atoms with Gasteiger partial charge in [0.05, 0.1) is 21.9 Å². The number of benzene rings is 1. The molecule has 90 valence electrons. The van der Waals surface area contributed by atoms with Crippen LogP contribution in [0.4, 0.5) is 17.5 Å². The van der Waals surface area contributed by atoms with Crippen LogP contribution >= 0.6 is 22.9 Å². The van der Waals surface area contributed by atoms with E-state index in [0.717, 1.165) is 15.9 Å². The normalized spacial score (nSPS) is 10.7. The number of hydrogen-bond donors (Lipinski definition) is 2. The van der Waals surface area contributed by atoms with Crippen molar-refractivity contribution in [2.45, 2.75) is 0 Å². The number of nitrogens with one attached hydrogen (secondary N) is 1. The highest BCUT2D eigenvalue weighted by Crippen LogP contribution is 2.26. The maximum absolute atomic E-state index is 5.99. The zero-order valence-electron chi connectivity index (χ0n) is 9.09. The Morgan fingerprint density at radius 1 is 1.28 bits per heavy atom. The van der Waals surface area contributed by atoms with Crippen LogP contribution in [0.1, 0.15) is 0 Å². The molecule has 1 aromatic carbocycles. The van der Waals surface area contributed by atoms with E-state index in [1.807, 2.05) is 23.7 Å². The van der Waals surface area contributed by atoms with Gasteiger partial charge in [-0.3, -0.25) is 0 Å². The number of anilines is 3. The van der Waals surface area contributed by atoms with Crippen LogP contribution in [-0.4, -0.2) is 15.0 Å². The zero-order chi connectivity index (χ0) is 12.5. The molecule has 0 unspecified atom stereocenters. The summed E-state index contributed by atoms with van der Waals surface area (Å²) < 4.78 is 1.10. The molecule has 7 heteroatoms. The third-order valence-corrected chi connectivity index (χ3v) is 3.43. The van der Waals surface area contributed by atoms with Crippen molar-refractivity contribution < 1.29 is 0 Å². The first-order valence-electron chi connectivity index (χ1n) is 5.11. The number of aromatic nitrogens is 3. The summed E-state index contributed by atoms with van der Waals surface area (Å²) >= 11 is 7.57. The van der Waals surface area contributed by atoms with Crippen molar-refractivity contribution in [2.75, 3.05) is 11.1 Å². The van der Waals surface area contributed by atoms with Crippen LogP contribution in [0.5, 0.6) is 0 Å². The van der Waals surface area contributed by atoms with Gasteiger partial charge in [0.2, 0.25) is 5.95 Å². The Kier molecular flexibility index (Phi) is 2.73. The van der Waals surface area contributed by atoms with Gasteiger partial charge in [0.15, 0.2) is 5.82 Å². The number of rotatable bonds is 2. The van der Waals surface area contributed by atoms with Crippen molar-refractivity contribution in [3.63, 3.8) is 0 Å². The van der Waals surface area contributed by atoms with Crippen molar-refractivity contribution in [1.82, 2.24) is 15.0 Å². The second-order valence-corrected chi connectivity index (χ2v) is 4.88. The molecular formula is C11H8ClN5S. The quantitative estimate of drug-likeness (QED) is 0.753. The highest BCUT2D eigenvalue weighted by atomic mass is 35.5. The molecule has 5 nitrogen and oxygen atoms in total. The van der Waals surface area contributed by atoms with E-state index in [9.17, 15) is 0 Å². The minimum atomic E-state index is 0.181. The summed E-state index contributed by atoms with van der Waals surface area (Å²) in [5.41, 5.74) is 9.19. The average Bonchev–Trinajstić information content (AvgIpc) is 2.81. The molecule has 0 atom stereocenters. The standard InChI is InChI=1S/C11H8ClN5S/c12-7-4-14-11(13)17-10(7)16-6-1-2-8-9(3-6)18-5-15-8/h1-5H,(H3,13,14,16,17). The smallest absolute Gasteiger partial charge is 0.222 e. The second-order valence-electron chi connectivity index (χ2n) is 3.58. The summed E-state index contributed by atoms with van der Waals surface area (Å²) in [7, 11) is 0. The van der Waals surface area contributed by atoms with E-state index < -0.39 is 0 Å². The predicted molar refractivity (Wildman–Crippen MR) is 74.4 cm³/mol. The fourth-order valence-corrected chi connectivity index (χ4v) is 2.39. The number of fused-ring (bicyclic) bond motifs is 1. The minimum Gasteiger partial charge on any atom is -0.368 e. The van der Waals surface area contributed by atoms with Crippen LogP contribution in [0, 0.1) is 0 Å². The van der Waals surface area contributed by atoms with Crippen LogP contribution in [-0.2, 0) is 0 Å². The van der Waals surface area contributed by atoms with Crippen molar-refractivity contribution in [3.05, 3.63) is 34.9 Å². The topological polar surface area (TPSA) is 76.7 Å². The molecule has 3 rings (SSSR count). The lowest BCUT2D eigenvalue weighted by Crippen LogP contribution is -2.00. The van der Waals surface area contributed by atoms with Crippen LogP contribution < -0.4 is 11.1 Å². The van der Waals surface area contributed by atoms with Gasteiger partial charge < -0.3 is 11.1 Å². The van der Waals surface area contributed by atoms with Crippen molar-refractivity contribution in [2.24, 2.45) is 0 Å². The molecule has 0 fully saturated rings. The molecular weight excluding hydrogens is 270 g/mol. The van der Waals surface area contributed by atoms with E-state index in [4.69, 9.17) is 17.3 Å². The van der Waals surface area contributed by atoms with Gasteiger partial charge in [-0.25, -0.2) is 9.97 Å². The fraction of sp³-hybridized carbons (Fsp3) is 0. The Hall–Kier alpha value is -1.92. The molecule has 3 N–H and O–H groups in total. The highest BCUT2D eigenvalue weighted by Gasteiger charge is 2.05. The Morgan fingerprint density at radius 3 is 3.06 bits per heavy atom. The first-order valence-corrected chi connectivity index (χ1v) is 6.36. The molecule has 0 amide bonds. The lowest BCUT2D eigenvalue weighted by molar-refractivity contribution is 1.18. The summed E-state index contributed by atoms with van der Waals surface area (Å²) in [6, 6.07) is 5.84. The third kappa shape index (κ3) is 2.07. The molecule has 18 heavy (non-hydrogen) atoms.